The van der Waals surface area contributed by atoms with Crippen LogP contribution in [0.1, 0.15) is 25.7 Å². The van der Waals surface area contributed by atoms with Crippen molar-refractivity contribution < 1.29 is 4.79 Å². The topological polar surface area (TPSA) is 55.1 Å². The molecule has 1 aliphatic rings. The number of primary amides is 1. The van der Waals surface area contributed by atoms with Gasteiger partial charge in [-0.3, -0.25) is 4.79 Å². The van der Waals surface area contributed by atoms with Crippen molar-refractivity contribution in [2.24, 2.45) is 11.7 Å². The highest BCUT2D eigenvalue weighted by Crippen LogP contribution is 2.33. The van der Waals surface area contributed by atoms with Crippen LogP contribution in [0, 0.1) is 5.92 Å². The van der Waals surface area contributed by atoms with Crippen LogP contribution in [0.4, 0.5) is 0 Å². The number of carbonyl (C=O) groups excluding carboxylic acids is 1. The van der Waals surface area contributed by atoms with E-state index in [0.29, 0.717) is 6.54 Å². The van der Waals surface area contributed by atoms with Crippen LogP contribution >= 0.6 is 0 Å². The molecule has 3 nitrogen and oxygen atoms in total. The molecule has 3 heteroatoms. The summed E-state index contributed by atoms with van der Waals surface area (Å²) in [6, 6.07) is 0. The SMILES string of the molecule is NC(=O)CNCCCC1CC1. The third-order valence-electron chi connectivity index (χ3n) is 1.96. The maximum absolute atomic E-state index is 10.3. The highest BCUT2D eigenvalue weighted by Gasteiger charge is 2.19. The molecule has 0 atom stereocenters. The molecule has 1 aliphatic carbocycles. The normalized spacial score (nSPS) is 16.7. The fraction of sp³-hybridized carbons (Fsp3) is 0.875. The smallest absolute Gasteiger partial charge is 0.231 e. The van der Waals surface area contributed by atoms with Crippen molar-refractivity contribution in [2.75, 3.05) is 13.1 Å². The maximum Gasteiger partial charge on any atom is 0.231 e. The van der Waals surface area contributed by atoms with E-state index in [0.717, 1.165) is 12.5 Å². The molecule has 11 heavy (non-hydrogen) atoms. The average Bonchev–Trinajstić information content (AvgIpc) is 2.70. The van der Waals surface area contributed by atoms with E-state index in [9.17, 15) is 4.79 Å². The molecule has 1 amide bonds. The summed E-state index contributed by atoms with van der Waals surface area (Å²) < 4.78 is 0. The first kappa shape index (κ1) is 8.53. The number of amides is 1. The van der Waals surface area contributed by atoms with E-state index in [2.05, 4.69) is 5.32 Å². The predicted octanol–water partition coefficient (Wildman–Crippen LogP) is 0.251. The van der Waals surface area contributed by atoms with E-state index < -0.39 is 0 Å². The van der Waals surface area contributed by atoms with Crippen molar-refractivity contribution in [3.05, 3.63) is 0 Å². The molecule has 0 radical (unpaired) electrons. The lowest BCUT2D eigenvalue weighted by atomic mass is 10.2. The monoisotopic (exact) mass is 156 g/mol. The van der Waals surface area contributed by atoms with Crippen molar-refractivity contribution in [1.29, 1.82) is 0 Å². The van der Waals surface area contributed by atoms with Gasteiger partial charge in [0, 0.05) is 0 Å². The average molecular weight is 156 g/mol. The van der Waals surface area contributed by atoms with E-state index in [4.69, 9.17) is 5.73 Å². The maximum atomic E-state index is 10.3. The van der Waals surface area contributed by atoms with Crippen LogP contribution < -0.4 is 11.1 Å². The molecule has 3 N–H and O–H groups in total. The number of nitrogens with one attached hydrogen (secondary N) is 1. The third-order valence-corrected chi connectivity index (χ3v) is 1.96. The molecular weight excluding hydrogens is 140 g/mol. The molecule has 1 saturated carbocycles. The van der Waals surface area contributed by atoms with Crippen LogP contribution in [0.5, 0.6) is 0 Å². The van der Waals surface area contributed by atoms with Gasteiger partial charge in [0.2, 0.25) is 5.91 Å². The summed E-state index contributed by atoms with van der Waals surface area (Å²) in [7, 11) is 0. The Balaban J connectivity index is 1.76. The van der Waals surface area contributed by atoms with Crippen LogP contribution in [0.25, 0.3) is 0 Å². The highest BCUT2D eigenvalue weighted by molar-refractivity contribution is 5.75. The number of rotatable bonds is 6. The van der Waals surface area contributed by atoms with Crippen LogP contribution in [0.2, 0.25) is 0 Å². The molecule has 1 rings (SSSR count). The molecule has 1 fully saturated rings. The molecule has 0 bridgehead atoms. The predicted molar refractivity (Wildman–Crippen MR) is 44.0 cm³/mol. The van der Waals surface area contributed by atoms with Crippen molar-refractivity contribution >= 4 is 5.91 Å². The summed E-state index contributed by atoms with van der Waals surface area (Å²) in [4.78, 5) is 10.3. The van der Waals surface area contributed by atoms with E-state index >= 15 is 0 Å². The summed E-state index contributed by atoms with van der Waals surface area (Å²) >= 11 is 0. The molecule has 0 heterocycles. The Bertz CT molecular complexity index is 132. The number of nitrogens with two attached hydrogens (primary N) is 1. The Morgan fingerprint density at radius 1 is 1.55 bits per heavy atom. The molecular formula is C8H16N2O. The van der Waals surface area contributed by atoms with Gasteiger partial charge in [-0.15, -0.1) is 0 Å². The Morgan fingerprint density at radius 3 is 2.82 bits per heavy atom. The first-order valence-electron chi connectivity index (χ1n) is 4.28. The molecule has 0 aromatic heterocycles. The molecule has 0 unspecified atom stereocenters. The van der Waals surface area contributed by atoms with Gasteiger partial charge in [0.1, 0.15) is 0 Å². The second-order valence-electron chi connectivity index (χ2n) is 3.23. The minimum atomic E-state index is -0.267. The first-order valence-corrected chi connectivity index (χ1v) is 4.28. The summed E-state index contributed by atoms with van der Waals surface area (Å²) in [6.45, 7) is 1.25. The zero-order chi connectivity index (χ0) is 8.10. The van der Waals surface area contributed by atoms with Crippen molar-refractivity contribution in [1.82, 2.24) is 5.32 Å². The second kappa shape index (κ2) is 4.34. The lowest BCUT2D eigenvalue weighted by Gasteiger charge is -2.00. The van der Waals surface area contributed by atoms with Crippen LogP contribution in [-0.2, 0) is 4.79 Å². The van der Waals surface area contributed by atoms with Gasteiger partial charge in [0.15, 0.2) is 0 Å². The molecule has 0 saturated heterocycles. The Kier molecular flexibility index (Phi) is 3.36. The van der Waals surface area contributed by atoms with Gasteiger partial charge in [-0.2, -0.15) is 0 Å². The van der Waals surface area contributed by atoms with E-state index in [1.54, 1.807) is 0 Å². The second-order valence-corrected chi connectivity index (χ2v) is 3.23. The minimum absolute atomic E-state index is 0.267. The summed E-state index contributed by atoms with van der Waals surface area (Å²) in [6.07, 6.45) is 5.31. The minimum Gasteiger partial charge on any atom is -0.369 e. The van der Waals surface area contributed by atoms with Gasteiger partial charge in [-0.05, 0) is 25.3 Å². The van der Waals surface area contributed by atoms with Gasteiger partial charge in [-0.25, -0.2) is 0 Å². The van der Waals surface area contributed by atoms with E-state index in [1.165, 1.54) is 25.7 Å². The fourth-order valence-electron chi connectivity index (χ4n) is 1.13. The third kappa shape index (κ3) is 4.79. The van der Waals surface area contributed by atoms with Gasteiger partial charge >= 0.3 is 0 Å². The number of hydrogen-bond donors (Lipinski definition) is 2. The quantitative estimate of drug-likeness (QED) is 0.542. The number of hydrogen-bond acceptors (Lipinski definition) is 2. The van der Waals surface area contributed by atoms with Crippen LogP contribution in [0.3, 0.4) is 0 Å². The molecule has 0 aromatic rings. The molecule has 0 aliphatic heterocycles. The standard InChI is InChI=1S/C8H16N2O/c9-8(11)6-10-5-1-2-7-3-4-7/h7,10H,1-6H2,(H2,9,11). The largest absolute Gasteiger partial charge is 0.369 e. The lowest BCUT2D eigenvalue weighted by Crippen LogP contribution is -2.29. The molecule has 0 aromatic carbocycles. The Labute approximate surface area is 67.3 Å². The molecule has 0 spiro atoms. The lowest BCUT2D eigenvalue weighted by molar-refractivity contribution is -0.117. The first-order chi connectivity index (χ1) is 5.29. The van der Waals surface area contributed by atoms with Crippen molar-refractivity contribution in [3.8, 4) is 0 Å². The van der Waals surface area contributed by atoms with Crippen molar-refractivity contribution in [3.63, 3.8) is 0 Å². The van der Waals surface area contributed by atoms with Crippen LogP contribution in [-0.4, -0.2) is 19.0 Å². The summed E-state index contributed by atoms with van der Waals surface area (Å²) in [5.41, 5.74) is 4.95. The van der Waals surface area contributed by atoms with E-state index in [-0.39, 0.29) is 5.91 Å². The van der Waals surface area contributed by atoms with Gasteiger partial charge in [0.25, 0.3) is 0 Å². The summed E-state index contributed by atoms with van der Waals surface area (Å²) in [5.74, 6) is 0.724. The van der Waals surface area contributed by atoms with Crippen molar-refractivity contribution in [2.45, 2.75) is 25.7 Å². The molecule has 64 valence electrons. The van der Waals surface area contributed by atoms with Gasteiger partial charge in [-0.1, -0.05) is 12.8 Å². The summed E-state index contributed by atoms with van der Waals surface area (Å²) in [5, 5.41) is 2.99. The highest BCUT2D eigenvalue weighted by atomic mass is 16.1. The van der Waals surface area contributed by atoms with Crippen LogP contribution in [0.15, 0.2) is 0 Å². The Hall–Kier alpha value is -0.570. The zero-order valence-electron chi connectivity index (χ0n) is 6.81. The fourth-order valence-corrected chi connectivity index (χ4v) is 1.13. The number of carbonyl (C=O) groups is 1. The van der Waals surface area contributed by atoms with E-state index in [1.807, 2.05) is 0 Å². The van der Waals surface area contributed by atoms with Gasteiger partial charge < -0.3 is 11.1 Å². The Morgan fingerprint density at radius 2 is 2.27 bits per heavy atom. The zero-order valence-corrected chi connectivity index (χ0v) is 6.81. The van der Waals surface area contributed by atoms with Gasteiger partial charge in [0.05, 0.1) is 6.54 Å².